The molecule has 2 N–H and O–H groups in total. The van der Waals surface area contributed by atoms with E-state index >= 15 is 0 Å². The molecule has 27 heavy (non-hydrogen) atoms. The van der Waals surface area contributed by atoms with Crippen LogP contribution in [0.2, 0.25) is 0 Å². The van der Waals surface area contributed by atoms with Crippen LogP contribution in [-0.4, -0.2) is 37.7 Å². The first kappa shape index (κ1) is 20.6. The summed E-state index contributed by atoms with van der Waals surface area (Å²) in [6.07, 6.45) is 6.13. The Labute approximate surface area is 165 Å². The highest BCUT2D eigenvalue weighted by Gasteiger charge is 2.06. The van der Waals surface area contributed by atoms with E-state index in [0.717, 1.165) is 41.7 Å². The molecule has 1 aromatic carbocycles. The average Bonchev–Trinajstić information content (AvgIpc) is 3.09. The molecular weight excluding hydrogens is 360 g/mol. The van der Waals surface area contributed by atoms with Crippen LogP contribution < -0.4 is 20.1 Å². The molecule has 0 aliphatic heterocycles. The summed E-state index contributed by atoms with van der Waals surface area (Å²) < 4.78 is 10.8. The van der Waals surface area contributed by atoms with Crippen LogP contribution in [0.4, 0.5) is 0 Å². The Morgan fingerprint density at radius 3 is 2.85 bits per heavy atom. The van der Waals surface area contributed by atoms with Crippen molar-refractivity contribution in [2.24, 2.45) is 4.99 Å². The monoisotopic (exact) mass is 386 g/mol. The molecule has 0 fully saturated rings. The molecule has 0 spiro atoms. The molecule has 2 aromatic rings. The first-order valence-electron chi connectivity index (χ1n) is 8.82. The molecule has 0 amide bonds. The van der Waals surface area contributed by atoms with E-state index in [-0.39, 0.29) is 6.61 Å². The molecule has 0 atom stereocenters. The summed E-state index contributed by atoms with van der Waals surface area (Å²) in [5.41, 5.74) is 2.11. The smallest absolute Gasteiger partial charge is 0.191 e. The van der Waals surface area contributed by atoms with Gasteiger partial charge in [-0.1, -0.05) is 12.0 Å². The number of benzene rings is 1. The lowest BCUT2D eigenvalue weighted by Gasteiger charge is -2.12. The number of aromatic nitrogens is 1. The fourth-order valence-electron chi connectivity index (χ4n) is 2.40. The molecule has 1 aromatic heterocycles. The van der Waals surface area contributed by atoms with Gasteiger partial charge in [0.25, 0.3) is 0 Å². The predicted octanol–water partition coefficient (Wildman–Crippen LogP) is 2.77. The van der Waals surface area contributed by atoms with Crippen molar-refractivity contribution in [2.45, 2.75) is 26.8 Å². The van der Waals surface area contributed by atoms with Gasteiger partial charge in [-0.05, 0) is 31.5 Å². The molecule has 1 heterocycles. The number of ether oxygens (including phenoxy) is 2. The number of guanidine groups is 1. The number of aryl methyl sites for hydroxylation is 1. The van der Waals surface area contributed by atoms with Gasteiger partial charge in [0.2, 0.25) is 0 Å². The summed E-state index contributed by atoms with van der Waals surface area (Å²) in [7, 11) is 1.60. The van der Waals surface area contributed by atoms with Gasteiger partial charge in [0.1, 0.15) is 6.61 Å². The Morgan fingerprint density at radius 2 is 2.19 bits per heavy atom. The Bertz CT molecular complexity index is 796. The summed E-state index contributed by atoms with van der Waals surface area (Å²) >= 11 is 1.67. The zero-order valence-corrected chi connectivity index (χ0v) is 16.9. The van der Waals surface area contributed by atoms with E-state index in [2.05, 4.69) is 31.9 Å². The predicted molar refractivity (Wildman–Crippen MR) is 111 cm³/mol. The molecule has 6 nitrogen and oxygen atoms in total. The highest BCUT2D eigenvalue weighted by Crippen LogP contribution is 2.28. The van der Waals surface area contributed by atoms with Crippen molar-refractivity contribution in [3.8, 4) is 23.8 Å². The third kappa shape index (κ3) is 6.83. The number of hydrogen-bond acceptors (Lipinski definition) is 5. The Morgan fingerprint density at radius 1 is 1.33 bits per heavy atom. The van der Waals surface area contributed by atoms with Gasteiger partial charge in [-0.3, -0.25) is 0 Å². The molecular formula is C20H26N4O2S. The summed E-state index contributed by atoms with van der Waals surface area (Å²) in [6.45, 7) is 6.34. The number of rotatable bonds is 9. The standard InChI is InChI=1S/C20H26N4O2S/c1-5-11-26-19-12-16(7-8-18(19)25-4)13-23-20(21-6-2)22-10-9-17-14-27-15(3)24-17/h1,7-8,12,14H,6,9-11,13H2,2-4H3,(H2,21,22,23). The fourth-order valence-corrected chi connectivity index (χ4v) is 3.04. The van der Waals surface area contributed by atoms with Crippen molar-refractivity contribution in [2.75, 3.05) is 26.8 Å². The molecule has 2 rings (SSSR count). The highest BCUT2D eigenvalue weighted by atomic mass is 32.1. The van der Waals surface area contributed by atoms with Gasteiger partial charge in [0.05, 0.1) is 24.4 Å². The molecule has 7 heteroatoms. The first-order chi connectivity index (χ1) is 13.2. The number of terminal acetylenes is 1. The number of aliphatic imine (C=N–C) groups is 1. The molecule has 0 aliphatic carbocycles. The van der Waals surface area contributed by atoms with E-state index in [9.17, 15) is 0 Å². The molecule has 0 bridgehead atoms. The number of hydrogen-bond donors (Lipinski definition) is 2. The van der Waals surface area contributed by atoms with Crippen molar-refractivity contribution < 1.29 is 9.47 Å². The number of thiazole rings is 1. The summed E-state index contributed by atoms with van der Waals surface area (Å²) in [4.78, 5) is 9.11. The van der Waals surface area contributed by atoms with Crippen molar-refractivity contribution in [3.63, 3.8) is 0 Å². The Balaban J connectivity index is 1.97. The van der Waals surface area contributed by atoms with Crippen LogP contribution in [0.3, 0.4) is 0 Å². The van der Waals surface area contributed by atoms with Crippen molar-refractivity contribution >= 4 is 17.3 Å². The maximum absolute atomic E-state index is 5.54. The fraction of sp³-hybridized carbons (Fsp3) is 0.400. The van der Waals surface area contributed by atoms with Crippen LogP contribution >= 0.6 is 11.3 Å². The quantitative estimate of drug-likeness (QED) is 0.394. The maximum Gasteiger partial charge on any atom is 0.191 e. The molecule has 0 unspecified atom stereocenters. The van der Waals surface area contributed by atoms with E-state index in [4.69, 9.17) is 15.9 Å². The second-order valence-electron chi connectivity index (χ2n) is 5.71. The number of methoxy groups -OCH3 is 1. The third-order valence-corrected chi connectivity index (χ3v) is 4.47. The van der Waals surface area contributed by atoms with Crippen LogP contribution in [0.5, 0.6) is 11.5 Å². The van der Waals surface area contributed by atoms with E-state index in [1.54, 1.807) is 18.4 Å². The minimum atomic E-state index is 0.198. The van der Waals surface area contributed by atoms with Gasteiger partial charge in [-0.2, -0.15) is 0 Å². The van der Waals surface area contributed by atoms with Gasteiger partial charge in [-0.25, -0.2) is 9.98 Å². The van der Waals surface area contributed by atoms with Crippen LogP contribution in [0.25, 0.3) is 0 Å². The van der Waals surface area contributed by atoms with Crippen LogP contribution in [-0.2, 0) is 13.0 Å². The van der Waals surface area contributed by atoms with E-state index < -0.39 is 0 Å². The zero-order valence-electron chi connectivity index (χ0n) is 16.0. The van der Waals surface area contributed by atoms with Gasteiger partial charge < -0.3 is 20.1 Å². The third-order valence-electron chi connectivity index (χ3n) is 3.64. The van der Waals surface area contributed by atoms with E-state index in [0.29, 0.717) is 18.0 Å². The normalized spacial score (nSPS) is 11.0. The minimum Gasteiger partial charge on any atom is -0.493 e. The second-order valence-corrected chi connectivity index (χ2v) is 6.77. The molecule has 0 saturated carbocycles. The summed E-state index contributed by atoms with van der Waals surface area (Å²) in [6, 6.07) is 5.73. The molecule has 144 valence electrons. The van der Waals surface area contributed by atoms with Gasteiger partial charge in [-0.15, -0.1) is 17.8 Å². The average molecular weight is 387 g/mol. The minimum absolute atomic E-state index is 0.198. The maximum atomic E-state index is 5.54. The number of nitrogens with zero attached hydrogens (tertiary/aromatic N) is 2. The van der Waals surface area contributed by atoms with Gasteiger partial charge in [0, 0.05) is 24.9 Å². The van der Waals surface area contributed by atoms with Crippen molar-refractivity contribution in [1.29, 1.82) is 0 Å². The van der Waals surface area contributed by atoms with Gasteiger partial charge >= 0.3 is 0 Å². The summed E-state index contributed by atoms with van der Waals surface area (Å²) in [5, 5.41) is 9.78. The lowest BCUT2D eigenvalue weighted by molar-refractivity contribution is 0.330. The largest absolute Gasteiger partial charge is 0.493 e. The van der Waals surface area contributed by atoms with E-state index in [1.165, 1.54) is 0 Å². The Kier molecular flexibility index (Phi) is 8.46. The second kappa shape index (κ2) is 11.1. The van der Waals surface area contributed by atoms with Gasteiger partial charge in [0.15, 0.2) is 17.5 Å². The van der Waals surface area contributed by atoms with Crippen LogP contribution in [0, 0.1) is 19.3 Å². The molecule has 0 aliphatic rings. The Hall–Kier alpha value is -2.72. The lowest BCUT2D eigenvalue weighted by atomic mass is 10.2. The number of nitrogens with one attached hydrogen (secondary N) is 2. The van der Waals surface area contributed by atoms with Crippen molar-refractivity contribution in [3.05, 3.63) is 39.8 Å². The summed E-state index contributed by atoms with van der Waals surface area (Å²) in [5.74, 6) is 4.51. The van der Waals surface area contributed by atoms with E-state index in [1.807, 2.05) is 32.0 Å². The van der Waals surface area contributed by atoms with Crippen molar-refractivity contribution in [1.82, 2.24) is 15.6 Å². The highest BCUT2D eigenvalue weighted by molar-refractivity contribution is 7.09. The molecule has 0 radical (unpaired) electrons. The van der Waals surface area contributed by atoms with Crippen LogP contribution in [0.1, 0.15) is 23.2 Å². The first-order valence-corrected chi connectivity index (χ1v) is 9.70. The lowest BCUT2D eigenvalue weighted by Crippen LogP contribution is -2.38. The topological polar surface area (TPSA) is 67.8 Å². The van der Waals surface area contributed by atoms with Crippen LogP contribution in [0.15, 0.2) is 28.6 Å². The SMILES string of the molecule is C#CCOc1cc(CN=C(NCC)NCCc2csc(C)n2)ccc1OC. The zero-order chi connectivity index (χ0) is 19.5. The molecule has 0 saturated heterocycles.